The second-order valence-electron chi connectivity index (χ2n) is 4.88. The third-order valence-corrected chi connectivity index (χ3v) is 2.91. The molecule has 1 aliphatic heterocycles. The van der Waals surface area contributed by atoms with Crippen molar-refractivity contribution in [2.45, 2.75) is 6.18 Å². The zero-order chi connectivity index (χ0) is 18.4. The van der Waals surface area contributed by atoms with Gasteiger partial charge >= 0.3 is 12.1 Å². The summed E-state index contributed by atoms with van der Waals surface area (Å²) < 4.78 is 45.6. The molecule has 0 saturated carbocycles. The van der Waals surface area contributed by atoms with E-state index in [1.54, 1.807) is 35.6 Å². The van der Waals surface area contributed by atoms with Gasteiger partial charge in [0.2, 0.25) is 11.7 Å². The summed E-state index contributed by atoms with van der Waals surface area (Å²) in [6.07, 6.45) is -4.58. The van der Waals surface area contributed by atoms with Crippen molar-refractivity contribution in [2.24, 2.45) is 0 Å². The van der Waals surface area contributed by atoms with E-state index in [4.69, 9.17) is 4.74 Å². The predicted molar refractivity (Wildman–Crippen MR) is 78.1 cm³/mol. The molecule has 0 unspecified atom stereocenters. The Labute approximate surface area is 139 Å². The smallest absolute Gasteiger partial charge is 0.405 e. The van der Waals surface area contributed by atoms with Crippen molar-refractivity contribution in [1.82, 2.24) is 5.32 Å². The molecule has 7 nitrogen and oxygen atoms in total. The number of halogens is 3. The summed E-state index contributed by atoms with van der Waals surface area (Å²) in [6.45, 7) is -2.89. The highest BCUT2D eigenvalue weighted by molar-refractivity contribution is 6.20. The lowest BCUT2D eigenvalue weighted by molar-refractivity contribution is -0.149. The van der Waals surface area contributed by atoms with Crippen LogP contribution in [0.15, 0.2) is 41.8 Å². The fourth-order valence-electron chi connectivity index (χ4n) is 1.82. The number of benzene rings is 1. The lowest BCUT2D eigenvalue weighted by Crippen LogP contribution is -2.36. The third kappa shape index (κ3) is 5.52. The molecule has 0 atom stereocenters. The average Bonchev–Trinajstić information content (AvgIpc) is 2.91. The van der Waals surface area contributed by atoms with Gasteiger partial charge in [0.25, 0.3) is 5.91 Å². The van der Waals surface area contributed by atoms with E-state index in [1.807, 2.05) is 0 Å². The molecule has 1 amide bonds. The van der Waals surface area contributed by atoms with Crippen LogP contribution in [0.5, 0.6) is 0 Å². The van der Waals surface area contributed by atoms with Crippen LogP contribution in [-0.2, 0) is 23.9 Å². The van der Waals surface area contributed by atoms with E-state index in [0.29, 0.717) is 5.69 Å². The van der Waals surface area contributed by atoms with Gasteiger partial charge in [-0.3, -0.25) is 9.59 Å². The number of para-hydroxylation sites is 1. The number of ether oxygens (including phenoxy) is 2. The number of nitrogens with one attached hydrogen (secondary N) is 2. The highest BCUT2D eigenvalue weighted by Crippen LogP contribution is 2.20. The first kappa shape index (κ1) is 18.3. The van der Waals surface area contributed by atoms with Crippen molar-refractivity contribution < 1.29 is 37.0 Å². The van der Waals surface area contributed by atoms with Gasteiger partial charge in [-0.2, -0.15) is 13.2 Å². The summed E-state index contributed by atoms with van der Waals surface area (Å²) in [6, 6.07) is 8.50. The zero-order valence-corrected chi connectivity index (χ0v) is 12.7. The SMILES string of the molecule is O=C(COC(=O)C1=C(Nc2ccccc2)OCC1=O)NCC(F)(F)F. The van der Waals surface area contributed by atoms with Crippen LogP contribution in [0.1, 0.15) is 0 Å². The van der Waals surface area contributed by atoms with Gasteiger partial charge in [-0.1, -0.05) is 18.2 Å². The second-order valence-corrected chi connectivity index (χ2v) is 4.88. The molecule has 0 spiro atoms. The van der Waals surface area contributed by atoms with Gasteiger partial charge in [-0.25, -0.2) is 4.79 Å². The minimum atomic E-state index is -4.58. The quantitative estimate of drug-likeness (QED) is 0.585. The molecular formula is C15H13F3N2O5. The molecule has 1 aromatic rings. The lowest BCUT2D eigenvalue weighted by atomic mass is 10.2. The molecule has 0 bridgehead atoms. The van der Waals surface area contributed by atoms with Gasteiger partial charge in [0.15, 0.2) is 18.8 Å². The monoisotopic (exact) mass is 358 g/mol. The Hall–Kier alpha value is -3.04. The summed E-state index contributed by atoms with van der Waals surface area (Å²) in [4.78, 5) is 34.9. The first-order valence-electron chi connectivity index (χ1n) is 6.99. The largest absolute Gasteiger partial charge is 0.470 e. The molecule has 2 rings (SSSR count). The Bertz CT molecular complexity index is 701. The van der Waals surface area contributed by atoms with E-state index in [-0.39, 0.29) is 12.5 Å². The Morgan fingerprint density at radius 3 is 2.52 bits per heavy atom. The summed E-state index contributed by atoms with van der Waals surface area (Å²) >= 11 is 0. The first-order chi connectivity index (χ1) is 11.8. The molecule has 0 saturated heterocycles. The highest BCUT2D eigenvalue weighted by Gasteiger charge is 2.33. The van der Waals surface area contributed by atoms with Crippen molar-refractivity contribution in [3.05, 3.63) is 41.8 Å². The Morgan fingerprint density at radius 1 is 1.20 bits per heavy atom. The van der Waals surface area contributed by atoms with Crippen molar-refractivity contribution in [2.75, 3.05) is 25.1 Å². The topological polar surface area (TPSA) is 93.7 Å². The number of esters is 1. The molecule has 0 radical (unpaired) electrons. The highest BCUT2D eigenvalue weighted by atomic mass is 19.4. The van der Waals surface area contributed by atoms with E-state index in [0.717, 1.165) is 0 Å². The average molecular weight is 358 g/mol. The van der Waals surface area contributed by atoms with Gasteiger partial charge in [-0.15, -0.1) is 0 Å². The van der Waals surface area contributed by atoms with Gasteiger partial charge in [-0.05, 0) is 12.1 Å². The molecule has 1 heterocycles. The standard InChI is InChI=1S/C15H13F3N2O5/c16-15(17,18)8-19-11(22)7-25-14(23)12-10(21)6-24-13(12)20-9-4-2-1-3-5-9/h1-5,20H,6-8H2,(H,19,22). The number of carbonyl (C=O) groups excluding carboxylic acids is 3. The predicted octanol–water partition coefficient (Wildman–Crippen LogP) is 1.13. The van der Waals surface area contributed by atoms with Crippen LogP contribution in [-0.4, -0.2) is 43.6 Å². The van der Waals surface area contributed by atoms with E-state index in [9.17, 15) is 27.6 Å². The zero-order valence-electron chi connectivity index (χ0n) is 12.7. The van der Waals surface area contributed by atoms with E-state index in [2.05, 4.69) is 10.1 Å². The Balaban J connectivity index is 1.97. The Kier molecular flexibility index (Phi) is 5.63. The number of ketones is 1. The van der Waals surface area contributed by atoms with Crippen molar-refractivity contribution in [1.29, 1.82) is 0 Å². The van der Waals surface area contributed by atoms with Crippen LogP contribution in [0.3, 0.4) is 0 Å². The maximum atomic E-state index is 12.0. The van der Waals surface area contributed by atoms with Crippen LogP contribution in [0, 0.1) is 0 Å². The molecule has 1 aromatic carbocycles. The summed E-state index contributed by atoms with van der Waals surface area (Å²) in [5.41, 5.74) is 0.105. The van der Waals surface area contributed by atoms with Crippen molar-refractivity contribution in [3.8, 4) is 0 Å². The van der Waals surface area contributed by atoms with Gasteiger partial charge in [0.05, 0.1) is 0 Å². The van der Waals surface area contributed by atoms with Crippen LogP contribution in [0.4, 0.5) is 18.9 Å². The van der Waals surface area contributed by atoms with Crippen LogP contribution in [0.2, 0.25) is 0 Å². The maximum absolute atomic E-state index is 12.0. The second kappa shape index (κ2) is 7.69. The summed E-state index contributed by atoms with van der Waals surface area (Å²) in [5.74, 6) is -3.12. The van der Waals surface area contributed by atoms with Crippen LogP contribution < -0.4 is 10.6 Å². The van der Waals surface area contributed by atoms with E-state index in [1.165, 1.54) is 0 Å². The van der Waals surface area contributed by atoms with Gasteiger partial charge in [0.1, 0.15) is 6.54 Å². The molecule has 0 aliphatic carbocycles. The maximum Gasteiger partial charge on any atom is 0.405 e. The molecule has 10 heteroatoms. The van der Waals surface area contributed by atoms with Gasteiger partial charge in [0, 0.05) is 5.69 Å². The molecule has 1 aliphatic rings. The number of anilines is 1. The van der Waals surface area contributed by atoms with Crippen LogP contribution in [0.25, 0.3) is 0 Å². The lowest BCUT2D eigenvalue weighted by Gasteiger charge is -2.10. The fraction of sp³-hybridized carbons (Fsp3) is 0.267. The third-order valence-electron chi connectivity index (χ3n) is 2.91. The fourth-order valence-corrected chi connectivity index (χ4v) is 1.82. The normalized spacial score (nSPS) is 14.1. The number of rotatable bonds is 6. The number of hydrogen-bond acceptors (Lipinski definition) is 6. The summed E-state index contributed by atoms with van der Waals surface area (Å²) in [7, 11) is 0. The van der Waals surface area contributed by atoms with Crippen molar-refractivity contribution in [3.63, 3.8) is 0 Å². The number of amides is 1. The molecule has 2 N–H and O–H groups in total. The van der Waals surface area contributed by atoms with Crippen LogP contribution >= 0.6 is 0 Å². The first-order valence-corrected chi connectivity index (χ1v) is 6.99. The number of hydrogen-bond donors (Lipinski definition) is 2. The molecule has 25 heavy (non-hydrogen) atoms. The van der Waals surface area contributed by atoms with Gasteiger partial charge < -0.3 is 20.1 Å². The van der Waals surface area contributed by atoms with Crippen molar-refractivity contribution >= 4 is 23.3 Å². The minimum Gasteiger partial charge on any atom is -0.470 e. The molecular weight excluding hydrogens is 345 g/mol. The van der Waals surface area contributed by atoms with E-state index < -0.39 is 42.6 Å². The number of Topliss-reactive ketones (excluding diaryl/α,β-unsaturated/α-hetero) is 1. The Morgan fingerprint density at radius 2 is 1.88 bits per heavy atom. The molecule has 0 fully saturated rings. The molecule has 0 aromatic heterocycles. The minimum absolute atomic E-state index is 0.142. The molecule has 134 valence electrons. The number of alkyl halides is 3. The summed E-state index contributed by atoms with van der Waals surface area (Å²) in [5, 5.41) is 4.26. The van der Waals surface area contributed by atoms with E-state index >= 15 is 0 Å². The number of carbonyl (C=O) groups is 3.